The predicted octanol–water partition coefficient (Wildman–Crippen LogP) is 3.53. The van der Waals surface area contributed by atoms with Crippen LogP contribution in [0.15, 0.2) is 42.5 Å². The van der Waals surface area contributed by atoms with Crippen LogP contribution < -0.4 is 10.2 Å². The lowest BCUT2D eigenvalue weighted by Crippen LogP contribution is -2.31. The molecule has 0 aliphatic carbocycles. The summed E-state index contributed by atoms with van der Waals surface area (Å²) in [5.74, 6) is -1.98. The lowest BCUT2D eigenvalue weighted by atomic mass is 10.1. The molecule has 0 spiro atoms. The molecule has 5 heteroatoms. The van der Waals surface area contributed by atoms with Gasteiger partial charge in [-0.25, -0.2) is 8.78 Å². The van der Waals surface area contributed by atoms with Crippen LogP contribution in [-0.4, -0.2) is 25.5 Å². The predicted molar refractivity (Wildman–Crippen MR) is 90.2 cm³/mol. The molecule has 1 aliphatic heterocycles. The maximum Gasteiger partial charge on any atom is 0.251 e. The second kappa shape index (κ2) is 6.99. The average molecular weight is 330 g/mol. The molecule has 0 saturated carbocycles. The largest absolute Gasteiger partial charge is 0.371 e. The van der Waals surface area contributed by atoms with Gasteiger partial charge in [-0.3, -0.25) is 4.79 Å². The summed E-state index contributed by atoms with van der Waals surface area (Å²) in [5.41, 5.74) is 2.56. The normalized spacial score (nSPS) is 17.1. The topological polar surface area (TPSA) is 32.3 Å². The van der Waals surface area contributed by atoms with Crippen molar-refractivity contribution in [3.63, 3.8) is 0 Å². The molecule has 1 N–H and O–H groups in total. The Kier molecular flexibility index (Phi) is 4.79. The van der Waals surface area contributed by atoms with E-state index < -0.39 is 11.6 Å². The molecule has 1 amide bonds. The van der Waals surface area contributed by atoms with E-state index in [1.165, 1.54) is 17.3 Å². The number of carbonyl (C=O) groups is 1. The van der Waals surface area contributed by atoms with Gasteiger partial charge in [0.1, 0.15) is 0 Å². The molecule has 2 aromatic carbocycles. The van der Waals surface area contributed by atoms with E-state index >= 15 is 0 Å². The Morgan fingerprint density at radius 3 is 2.62 bits per heavy atom. The van der Waals surface area contributed by atoms with E-state index in [0.717, 1.165) is 31.6 Å². The van der Waals surface area contributed by atoms with Crippen LogP contribution in [0.4, 0.5) is 14.5 Å². The summed E-state index contributed by atoms with van der Waals surface area (Å²) in [7, 11) is 0. The van der Waals surface area contributed by atoms with Crippen molar-refractivity contribution in [2.45, 2.75) is 13.3 Å². The molecule has 126 valence electrons. The molecule has 2 aromatic rings. The summed E-state index contributed by atoms with van der Waals surface area (Å²) in [6.07, 6.45) is 0.992. The molecule has 1 unspecified atom stereocenters. The average Bonchev–Trinajstić information content (AvgIpc) is 3.05. The van der Waals surface area contributed by atoms with Gasteiger partial charge < -0.3 is 10.2 Å². The first-order valence-electron chi connectivity index (χ1n) is 8.08. The van der Waals surface area contributed by atoms with E-state index in [4.69, 9.17) is 0 Å². The highest BCUT2D eigenvalue weighted by molar-refractivity contribution is 5.94. The molecule has 1 aliphatic rings. The van der Waals surface area contributed by atoms with Crippen molar-refractivity contribution < 1.29 is 13.6 Å². The van der Waals surface area contributed by atoms with Crippen LogP contribution in [0.5, 0.6) is 0 Å². The van der Waals surface area contributed by atoms with Crippen LogP contribution in [-0.2, 0) is 0 Å². The molecular weight excluding hydrogens is 310 g/mol. The standard InChI is InChI=1S/C19H20F2N2O/c1-13-2-5-16(6-3-13)23-9-8-14(12-23)11-22-19(24)15-4-7-17(20)18(21)10-15/h2-7,10,14H,8-9,11-12H2,1H3,(H,22,24). The second-order valence-corrected chi connectivity index (χ2v) is 6.28. The minimum Gasteiger partial charge on any atom is -0.371 e. The Hall–Kier alpha value is -2.43. The van der Waals surface area contributed by atoms with Gasteiger partial charge in [-0.1, -0.05) is 17.7 Å². The van der Waals surface area contributed by atoms with Gasteiger partial charge in [0.2, 0.25) is 0 Å². The Bertz CT molecular complexity index is 731. The van der Waals surface area contributed by atoms with E-state index in [2.05, 4.69) is 41.4 Å². The fourth-order valence-corrected chi connectivity index (χ4v) is 2.97. The van der Waals surface area contributed by atoms with Gasteiger partial charge >= 0.3 is 0 Å². The summed E-state index contributed by atoms with van der Waals surface area (Å²) < 4.78 is 26.1. The van der Waals surface area contributed by atoms with E-state index in [9.17, 15) is 13.6 Å². The smallest absolute Gasteiger partial charge is 0.251 e. The first-order valence-corrected chi connectivity index (χ1v) is 8.08. The van der Waals surface area contributed by atoms with Crippen molar-refractivity contribution in [1.82, 2.24) is 5.32 Å². The summed E-state index contributed by atoms with van der Waals surface area (Å²) in [5, 5.41) is 2.81. The third kappa shape index (κ3) is 3.72. The van der Waals surface area contributed by atoms with Crippen LogP contribution in [0.2, 0.25) is 0 Å². The Balaban J connectivity index is 1.53. The van der Waals surface area contributed by atoms with Crippen molar-refractivity contribution >= 4 is 11.6 Å². The SMILES string of the molecule is Cc1ccc(N2CCC(CNC(=O)c3ccc(F)c(F)c3)C2)cc1. The molecule has 1 fully saturated rings. The number of halogens is 2. The number of amides is 1. The molecule has 1 heterocycles. The number of rotatable bonds is 4. The number of hydrogen-bond acceptors (Lipinski definition) is 2. The second-order valence-electron chi connectivity index (χ2n) is 6.28. The molecule has 0 radical (unpaired) electrons. The molecular formula is C19H20F2N2O. The summed E-state index contributed by atoms with van der Waals surface area (Å²) >= 11 is 0. The number of nitrogens with zero attached hydrogens (tertiary/aromatic N) is 1. The summed E-state index contributed by atoms with van der Waals surface area (Å²) in [4.78, 5) is 14.3. The maximum absolute atomic E-state index is 13.2. The van der Waals surface area contributed by atoms with Gasteiger partial charge in [0.05, 0.1) is 0 Å². The first-order chi connectivity index (χ1) is 11.5. The summed E-state index contributed by atoms with van der Waals surface area (Å²) in [6.45, 7) is 4.42. The third-order valence-corrected chi connectivity index (χ3v) is 4.42. The maximum atomic E-state index is 13.2. The Morgan fingerprint density at radius 2 is 1.92 bits per heavy atom. The zero-order chi connectivity index (χ0) is 17.1. The molecule has 0 bridgehead atoms. The molecule has 1 saturated heterocycles. The van der Waals surface area contributed by atoms with Crippen LogP contribution in [0.25, 0.3) is 0 Å². The minimum absolute atomic E-state index is 0.141. The van der Waals surface area contributed by atoms with Gasteiger partial charge in [-0.2, -0.15) is 0 Å². The molecule has 1 atom stereocenters. The highest BCUT2D eigenvalue weighted by Crippen LogP contribution is 2.23. The fourth-order valence-electron chi connectivity index (χ4n) is 2.97. The highest BCUT2D eigenvalue weighted by Gasteiger charge is 2.23. The summed E-state index contributed by atoms with van der Waals surface area (Å²) in [6, 6.07) is 11.6. The van der Waals surface area contributed by atoms with E-state index in [-0.39, 0.29) is 11.5 Å². The lowest BCUT2D eigenvalue weighted by Gasteiger charge is -2.19. The number of anilines is 1. The zero-order valence-corrected chi connectivity index (χ0v) is 13.6. The van der Waals surface area contributed by atoms with Crippen LogP contribution >= 0.6 is 0 Å². The monoisotopic (exact) mass is 330 g/mol. The molecule has 0 aromatic heterocycles. The molecule has 24 heavy (non-hydrogen) atoms. The molecule has 3 nitrogen and oxygen atoms in total. The van der Waals surface area contributed by atoms with Crippen molar-refractivity contribution in [2.24, 2.45) is 5.92 Å². The number of hydrogen-bond donors (Lipinski definition) is 1. The van der Waals surface area contributed by atoms with Gasteiger partial charge in [0.15, 0.2) is 11.6 Å². The van der Waals surface area contributed by atoms with E-state index in [0.29, 0.717) is 12.5 Å². The Labute approximate surface area is 140 Å². The van der Waals surface area contributed by atoms with Crippen molar-refractivity contribution in [3.05, 3.63) is 65.2 Å². The minimum atomic E-state index is -1.01. The van der Waals surface area contributed by atoms with Crippen LogP contribution in [0.3, 0.4) is 0 Å². The Morgan fingerprint density at radius 1 is 1.17 bits per heavy atom. The van der Waals surface area contributed by atoms with Crippen molar-refractivity contribution in [1.29, 1.82) is 0 Å². The van der Waals surface area contributed by atoms with Crippen LogP contribution in [0.1, 0.15) is 22.3 Å². The number of benzene rings is 2. The van der Waals surface area contributed by atoms with Gasteiger partial charge in [-0.15, -0.1) is 0 Å². The number of aryl methyl sites for hydroxylation is 1. The number of nitrogens with one attached hydrogen (secondary N) is 1. The third-order valence-electron chi connectivity index (χ3n) is 4.42. The molecule has 3 rings (SSSR count). The van der Waals surface area contributed by atoms with Crippen molar-refractivity contribution in [3.8, 4) is 0 Å². The van der Waals surface area contributed by atoms with Crippen molar-refractivity contribution in [2.75, 3.05) is 24.5 Å². The zero-order valence-electron chi connectivity index (χ0n) is 13.6. The number of carbonyl (C=O) groups excluding carboxylic acids is 1. The quantitative estimate of drug-likeness (QED) is 0.930. The van der Waals surface area contributed by atoms with Gasteiger partial charge in [-0.05, 0) is 49.6 Å². The fraction of sp³-hybridized carbons (Fsp3) is 0.316. The lowest BCUT2D eigenvalue weighted by molar-refractivity contribution is 0.0947. The van der Waals surface area contributed by atoms with E-state index in [1.54, 1.807) is 0 Å². The van der Waals surface area contributed by atoms with E-state index in [1.807, 2.05) is 0 Å². The van der Waals surface area contributed by atoms with Crippen LogP contribution in [0, 0.1) is 24.5 Å². The van der Waals surface area contributed by atoms with Gasteiger partial charge in [0, 0.05) is 30.9 Å². The first kappa shape index (κ1) is 16.4. The van der Waals surface area contributed by atoms with Gasteiger partial charge in [0.25, 0.3) is 5.91 Å². The highest BCUT2D eigenvalue weighted by atomic mass is 19.2.